The number of rotatable bonds is 6. The molecular formula is C15H28N2O3. The van der Waals surface area contributed by atoms with E-state index < -0.39 is 6.09 Å². The molecule has 5 nitrogen and oxygen atoms in total. The summed E-state index contributed by atoms with van der Waals surface area (Å²) in [6, 6.07) is 0. The summed E-state index contributed by atoms with van der Waals surface area (Å²) in [4.78, 5) is 13.6. The van der Waals surface area contributed by atoms with Gasteiger partial charge in [0.2, 0.25) is 0 Å². The van der Waals surface area contributed by atoms with Crippen molar-refractivity contribution in [3.8, 4) is 0 Å². The number of hydrogen-bond donors (Lipinski definition) is 1. The third-order valence-electron chi connectivity index (χ3n) is 4.54. The molecule has 1 saturated heterocycles. The third kappa shape index (κ3) is 4.94. The molecule has 20 heavy (non-hydrogen) atoms. The lowest BCUT2D eigenvalue weighted by Gasteiger charge is -2.36. The highest BCUT2D eigenvalue weighted by atomic mass is 16.6. The van der Waals surface area contributed by atoms with Crippen LogP contribution in [-0.4, -0.2) is 49.4 Å². The fourth-order valence-electron chi connectivity index (χ4n) is 3.42. The van der Waals surface area contributed by atoms with Crippen LogP contribution in [0.1, 0.15) is 51.4 Å². The highest BCUT2D eigenvalue weighted by Gasteiger charge is 2.34. The summed E-state index contributed by atoms with van der Waals surface area (Å²) >= 11 is 0. The molecule has 1 saturated carbocycles. The number of amides is 1. The van der Waals surface area contributed by atoms with Crippen molar-refractivity contribution in [2.45, 2.75) is 57.0 Å². The molecule has 2 fully saturated rings. The van der Waals surface area contributed by atoms with Gasteiger partial charge in [0.05, 0.1) is 13.2 Å². The monoisotopic (exact) mass is 284 g/mol. The van der Waals surface area contributed by atoms with Crippen molar-refractivity contribution >= 4 is 6.09 Å². The fraction of sp³-hybridized carbons (Fsp3) is 0.933. The molecular weight excluding hydrogens is 256 g/mol. The Balaban J connectivity index is 1.69. The summed E-state index contributed by atoms with van der Waals surface area (Å²) in [5.74, 6) is 0. The van der Waals surface area contributed by atoms with E-state index in [-0.39, 0.29) is 5.60 Å². The quantitative estimate of drug-likeness (QED) is 0.760. The number of nitrogens with two attached hydrogens (primary N) is 1. The van der Waals surface area contributed by atoms with E-state index in [9.17, 15) is 4.79 Å². The van der Waals surface area contributed by atoms with Gasteiger partial charge in [-0.3, -0.25) is 4.90 Å². The van der Waals surface area contributed by atoms with Crippen molar-refractivity contribution in [1.82, 2.24) is 4.90 Å². The lowest BCUT2D eigenvalue weighted by atomic mass is 9.81. The molecule has 1 heterocycles. The van der Waals surface area contributed by atoms with E-state index >= 15 is 0 Å². The van der Waals surface area contributed by atoms with Gasteiger partial charge in [-0.05, 0) is 51.5 Å². The third-order valence-corrected chi connectivity index (χ3v) is 4.54. The minimum Gasteiger partial charge on any atom is -0.443 e. The first-order valence-electron chi connectivity index (χ1n) is 7.99. The van der Waals surface area contributed by atoms with Crippen LogP contribution >= 0.6 is 0 Å². The molecule has 0 aromatic carbocycles. The van der Waals surface area contributed by atoms with Gasteiger partial charge in [-0.2, -0.15) is 0 Å². The Bertz CT molecular complexity index is 297. The van der Waals surface area contributed by atoms with E-state index in [4.69, 9.17) is 15.2 Å². The molecule has 0 bridgehead atoms. The number of unbranched alkanes of at least 4 members (excludes halogenated alkanes) is 1. The number of primary amides is 1. The van der Waals surface area contributed by atoms with Crippen LogP contribution in [0.5, 0.6) is 0 Å². The van der Waals surface area contributed by atoms with Crippen LogP contribution in [0.25, 0.3) is 0 Å². The minimum atomic E-state index is -0.611. The summed E-state index contributed by atoms with van der Waals surface area (Å²) in [6.45, 7) is 4.92. The molecule has 0 aromatic heterocycles. The number of carbonyl (C=O) groups is 1. The second kappa shape index (κ2) is 7.84. The van der Waals surface area contributed by atoms with Crippen LogP contribution in [0.15, 0.2) is 0 Å². The molecule has 0 atom stereocenters. The molecule has 0 spiro atoms. The van der Waals surface area contributed by atoms with Crippen molar-refractivity contribution < 1.29 is 14.3 Å². The van der Waals surface area contributed by atoms with Crippen LogP contribution < -0.4 is 5.73 Å². The van der Waals surface area contributed by atoms with Gasteiger partial charge in [-0.1, -0.05) is 6.42 Å². The van der Waals surface area contributed by atoms with Gasteiger partial charge in [-0.15, -0.1) is 0 Å². The van der Waals surface area contributed by atoms with Crippen molar-refractivity contribution in [3.63, 3.8) is 0 Å². The Morgan fingerprint density at radius 3 is 2.50 bits per heavy atom. The highest BCUT2D eigenvalue weighted by molar-refractivity contribution is 5.65. The van der Waals surface area contributed by atoms with Crippen LogP contribution in [0.4, 0.5) is 4.79 Å². The SMILES string of the molecule is NC(=O)OC1(CCCCN2CCOCC2)CCCCC1. The van der Waals surface area contributed by atoms with Gasteiger partial charge >= 0.3 is 6.09 Å². The summed E-state index contributed by atoms with van der Waals surface area (Å²) in [5.41, 5.74) is 4.98. The van der Waals surface area contributed by atoms with E-state index in [0.29, 0.717) is 0 Å². The number of hydrogen-bond acceptors (Lipinski definition) is 4. The molecule has 2 aliphatic rings. The van der Waals surface area contributed by atoms with Gasteiger partial charge in [0, 0.05) is 13.1 Å². The Morgan fingerprint density at radius 1 is 1.15 bits per heavy atom. The Hall–Kier alpha value is -0.810. The maximum atomic E-state index is 11.1. The van der Waals surface area contributed by atoms with E-state index in [0.717, 1.165) is 77.8 Å². The molecule has 1 amide bonds. The number of nitrogens with zero attached hydrogens (tertiary/aromatic N) is 1. The van der Waals surface area contributed by atoms with Crippen LogP contribution in [0, 0.1) is 0 Å². The first-order valence-corrected chi connectivity index (χ1v) is 7.99. The second-order valence-corrected chi connectivity index (χ2v) is 6.08. The average Bonchev–Trinajstić information content (AvgIpc) is 2.45. The highest BCUT2D eigenvalue weighted by Crippen LogP contribution is 2.35. The van der Waals surface area contributed by atoms with Crippen molar-refractivity contribution in [1.29, 1.82) is 0 Å². The lowest BCUT2D eigenvalue weighted by molar-refractivity contribution is -0.0211. The zero-order valence-corrected chi connectivity index (χ0v) is 12.4. The molecule has 2 N–H and O–H groups in total. The van der Waals surface area contributed by atoms with Gasteiger partial charge in [0.15, 0.2) is 0 Å². The van der Waals surface area contributed by atoms with Gasteiger partial charge in [-0.25, -0.2) is 4.79 Å². The molecule has 1 aliphatic heterocycles. The Kier molecular flexibility index (Phi) is 6.10. The van der Waals surface area contributed by atoms with Gasteiger partial charge < -0.3 is 15.2 Å². The topological polar surface area (TPSA) is 64.8 Å². The lowest BCUT2D eigenvalue weighted by Crippen LogP contribution is -2.39. The van der Waals surface area contributed by atoms with E-state index in [1.165, 1.54) is 6.42 Å². The largest absolute Gasteiger partial charge is 0.443 e. The number of morpholine rings is 1. The first-order chi connectivity index (χ1) is 9.70. The zero-order chi connectivity index (χ0) is 14.3. The van der Waals surface area contributed by atoms with Crippen molar-refractivity contribution in [3.05, 3.63) is 0 Å². The second-order valence-electron chi connectivity index (χ2n) is 6.08. The van der Waals surface area contributed by atoms with E-state index in [2.05, 4.69) is 4.90 Å². The predicted molar refractivity (Wildman–Crippen MR) is 77.6 cm³/mol. The van der Waals surface area contributed by atoms with Crippen molar-refractivity contribution in [2.24, 2.45) is 5.73 Å². The van der Waals surface area contributed by atoms with Crippen LogP contribution in [-0.2, 0) is 9.47 Å². The summed E-state index contributed by atoms with van der Waals surface area (Å²) in [6.07, 6.45) is 8.11. The van der Waals surface area contributed by atoms with Gasteiger partial charge in [0.1, 0.15) is 5.60 Å². The first kappa shape index (κ1) is 15.6. The van der Waals surface area contributed by atoms with Crippen LogP contribution in [0.2, 0.25) is 0 Å². The van der Waals surface area contributed by atoms with Crippen LogP contribution in [0.3, 0.4) is 0 Å². The summed E-state index contributed by atoms with van der Waals surface area (Å²) in [7, 11) is 0. The van der Waals surface area contributed by atoms with E-state index in [1.807, 2.05) is 0 Å². The molecule has 0 unspecified atom stereocenters. The molecule has 0 aromatic rings. The molecule has 5 heteroatoms. The summed E-state index contributed by atoms with van der Waals surface area (Å²) in [5, 5.41) is 0. The van der Waals surface area contributed by atoms with E-state index in [1.54, 1.807) is 0 Å². The normalized spacial score (nSPS) is 23.4. The number of carbonyl (C=O) groups excluding carboxylic acids is 1. The standard InChI is InChI=1S/C15H28N2O3/c16-14(18)20-15(6-2-1-3-7-15)8-4-5-9-17-10-12-19-13-11-17/h1-13H2,(H2,16,18). The predicted octanol–water partition coefficient (Wildman–Crippen LogP) is 2.29. The van der Waals surface area contributed by atoms with Gasteiger partial charge in [0.25, 0.3) is 0 Å². The fourth-order valence-corrected chi connectivity index (χ4v) is 3.42. The number of ether oxygens (including phenoxy) is 2. The zero-order valence-electron chi connectivity index (χ0n) is 12.4. The molecule has 2 rings (SSSR count). The minimum absolute atomic E-state index is 0.269. The average molecular weight is 284 g/mol. The Morgan fingerprint density at radius 2 is 1.85 bits per heavy atom. The molecule has 116 valence electrons. The maximum absolute atomic E-state index is 11.1. The Labute approximate surface area is 121 Å². The molecule has 1 aliphatic carbocycles. The van der Waals surface area contributed by atoms with Crippen molar-refractivity contribution in [2.75, 3.05) is 32.8 Å². The maximum Gasteiger partial charge on any atom is 0.405 e. The molecule has 0 radical (unpaired) electrons. The summed E-state index contributed by atoms with van der Waals surface area (Å²) < 4.78 is 10.8. The smallest absolute Gasteiger partial charge is 0.405 e.